The van der Waals surface area contributed by atoms with Crippen LogP contribution in [0.25, 0.3) is 11.5 Å². The first kappa shape index (κ1) is 22.7. The molecule has 2 aromatic carbocycles. The zero-order valence-electron chi connectivity index (χ0n) is 18.7. The average molecular weight is 449 g/mol. The van der Waals surface area contributed by atoms with Crippen LogP contribution in [-0.4, -0.2) is 51.7 Å². The number of rotatable bonds is 7. The lowest BCUT2D eigenvalue weighted by atomic mass is 9.97. The second kappa shape index (κ2) is 10.4. The predicted octanol–water partition coefficient (Wildman–Crippen LogP) is 3.46. The minimum atomic E-state index is -0.196. The number of aliphatic hydroxyl groups excluding tert-OH is 1. The monoisotopic (exact) mass is 448 g/mol. The minimum Gasteiger partial charge on any atom is -0.421 e. The van der Waals surface area contributed by atoms with E-state index in [-0.39, 0.29) is 30.8 Å². The number of nitrogens with one attached hydrogen (secondary N) is 1. The Kier molecular flexibility index (Phi) is 7.14. The molecule has 33 heavy (non-hydrogen) atoms. The van der Waals surface area contributed by atoms with Crippen molar-refractivity contribution < 1.29 is 19.1 Å². The maximum atomic E-state index is 12.8. The first-order chi connectivity index (χ1) is 16.0. The molecule has 0 bridgehead atoms. The zero-order chi connectivity index (χ0) is 23.2. The minimum absolute atomic E-state index is 0.0583. The number of aryl methyl sites for hydroxylation is 2. The van der Waals surface area contributed by atoms with Crippen LogP contribution in [-0.2, 0) is 11.2 Å². The second-order valence-electron chi connectivity index (χ2n) is 8.41. The fourth-order valence-corrected chi connectivity index (χ4v) is 3.84. The smallest absolute Gasteiger partial charge is 0.253 e. The Morgan fingerprint density at radius 3 is 2.61 bits per heavy atom. The third-order valence-electron chi connectivity index (χ3n) is 5.88. The van der Waals surface area contributed by atoms with Crippen molar-refractivity contribution in [2.45, 2.75) is 32.6 Å². The first-order valence-electron chi connectivity index (χ1n) is 11.2. The zero-order valence-corrected chi connectivity index (χ0v) is 18.7. The summed E-state index contributed by atoms with van der Waals surface area (Å²) >= 11 is 0. The van der Waals surface area contributed by atoms with Gasteiger partial charge in [-0.2, -0.15) is 0 Å². The summed E-state index contributed by atoms with van der Waals surface area (Å²) < 4.78 is 5.68. The molecule has 2 heterocycles. The molecule has 0 atom stereocenters. The Bertz CT molecular complexity index is 1100. The molecule has 0 radical (unpaired) electrons. The van der Waals surface area contributed by atoms with Crippen molar-refractivity contribution in [1.82, 2.24) is 15.1 Å². The molecule has 3 aromatic rings. The number of aliphatic hydroxyl groups is 1. The third-order valence-corrected chi connectivity index (χ3v) is 5.88. The quantitative estimate of drug-likeness (QED) is 0.573. The van der Waals surface area contributed by atoms with Crippen LogP contribution in [0.3, 0.4) is 0 Å². The van der Waals surface area contributed by atoms with Crippen molar-refractivity contribution in [3.8, 4) is 11.5 Å². The number of carbonyl (C=O) groups is 2. The van der Waals surface area contributed by atoms with Crippen LogP contribution in [0, 0.1) is 12.8 Å². The molecule has 1 aliphatic rings. The van der Waals surface area contributed by atoms with Gasteiger partial charge < -0.3 is 19.7 Å². The fraction of sp³-hybridized carbons (Fsp3) is 0.360. The number of benzene rings is 2. The number of piperidine rings is 1. The number of anilines is 1. The van der Waals surface area contributed by atoms with Crippen LogP contribution in [0.15, 0.2) is 52.9 Å². The van der Waals surface area contributed by atoms with Crippen molar-refractivity contribution in [2.75, 3.05) is 25.0 Å². The molecule has 0 saturated carbocycles. The molecule has 0 spiro atoms. The summed E-state index contributed by atoms with van der Waals surface area (Å²) in [6, 6.07) is 14.8. The number of amides is 2. The van der Waals surface area contributed by atoms with Crippen molar-refractivity contribution >= 4 is 17.5 Å². The van der Waals surface area contributed by atoms with Crippen molar-refractivity contribution in [3.05, 3.63) is 65.5 Å². The number of hydrogen-bond acceptors (Lipinski definition) is 6. The highest BCUT2D eigenvalue weighted by Gasteiger charge is 2.23. The number of aromatic nitrogens is 2. The normalized spacial score (nSPS) is 14.3. The molecule has 1 fully saturated rings. The van der Waals surface area contributed by atoms with Gasteiger partial charge in [0.1, 0.15) is 0 Å². The van der Waals surface area contributed by atoms with Gasteiger partial charge in [0.05, 0.1) is 0 Å². The average Bonchev–Trinajstić information content (AvgIpc) is 3.32. The number of carbonyl (C=O) groups excluding carboxylic acids is 2. The van der Waals surface area contributed by atoms with Crippen molar-refractivity contribution in [1.29, 1.82) is 0 Å². The molecule has 1 aromatic heterocycles. The molecule has 172 valence electrons. The highest BCUT2D eigenvalue weighted by Crippen LogP contribution is 2.21. The lowest BCUT2D eigenvalue weighted by Gasteiger charge is -2.31. The number of likely N-dealkylation sites (tertiary alicyclic amines) is 1. The van der Waals surface area contributed by atoms with E-state index in [4.69, 9.17) is 4.42 Å². The molecule has 0 aliphatic carbocycles. The SMILES string of the molecule is Cc1ccc(-c2nnc(CCC(=O)Nc3cccc(C(=O)N4CCC(CO)CC4)c3)o2)cc1. The summed E-state index contributed by atoms with van der Waals surface area (Å²) in [4.78, 5) is 27.0. The molecule has 8 nitrogen and oxygen atoms in total. The molecular weight excluding hydrogens is 420 g/mol. The van der Waals surface area contributed by atoms with Gasteiger partial charge in [-0.25, -0.2) is 0 Å². The van der Waals surface area contributed by atoms with Crippen molar-refractivity contribution in [2.24, 2.45) is 5.92 Å². The Balaban J connectivity index is 1.30. The maximum absolute atomic E-state index is 12.8. The molecule has 1 aliphatic heterocycles. The summed E-state index contributed by atoms with van der Waals surface area (Å²) in [5, 5.41) is 20.2. The Morgan fingerprint density at radius 1 is 1.12 bits per heavy atom. The molecule has 2 amide bonds. The van der Waals surface area contributed by atoms with Gasteiger partial charge in [0.15, 0.2) is 0 Å². The highest BCUT2D eigenvalue weighted by molar-refractivity contribution is 5.97. The topological polar surface area (TPSA) is 109 Å². The number of nitrogens with zero attached hydrogens (tertiary/aromatic N) is 3. The maximum Gasteiger partial charge on any atom is 0.253 e. The van der Waals surface area contributed by atoms with E-state index >= 15 is 0 Å². The van der Waals surface area contributed by atoms with E-state index in [0.29, 0.717) is 42.5 Å². The molecule has 1 saturated heterocycles. The summed E-state index contributed by atoms with van der Waals surface area (Å²) in [6.07, 6.45) is 2.12. The van der Waals surface area contributed by atoms with E-state index in [0.717, 1.165) is 24.0 Å². The van der Waals surface area contributed by atoms with Crippen molar-refractivity contribution in [3.63, 3.8) is 0 Å². The third kappa shape index (κ3) is 5.84. The van der Waals surface area contributed by atoms with Gasteiger partial charge in [-0.15, -0.1) is 10.2 Å². The summed E-state index contributed by atoms with van der Waals surface area (Å²) in [7, 11) is 0. The molecule has 8 heteroatoms. The molecule has 2 N–H and O–H groups in total. The van der Waals surface area contributed by atoms with Crippen LogP contribution in [0.5, 0.6) is 0 Å². The Hall–Kier alpha value is -3.52. The van der Waals surface area contributed by atoms with Crippen LogP contribution in [0.1, 0.15) is 41.1 Å². The van der Waals surface area contributed by atoms with E-state index < -0.39 is 0 Å². The first-order valence-corrected chi connectivity index (χ1v) is 11.2. The largest absolute Gasteiger partial charge is 0.421 e. The molecule has 0 unspecified atom stereocenters. The van der Waals surface area contributed by atoms with E-state index in [9.17, 15) is 14.7 Å². The van der Waals surface area contributed by atoms with E-state index in [2.05, 4.69) is 15.5 Å². The van der Waals surface area contributed by atoms with Gasteiger partial charge in [-0.3, -0.25) is 9.59 Å². The van der Waals surface area contributed by atoms with Gasteiger partial charge in [0.2, 0.25) is 17.7 Å². The second-order valence-corrected chi connectivity index (χ2v) is 8.41. The summed E-state index contributed by atoms with van der Waals surface area (Å²) in [5.74, 6) is 0.845. The lowest BCUT2D eigenvalue weighted by Crippen LogP contribution is -2.39. The van der Waals surface area contributed by atoms with Gasteiger partial charge in [-0.1, -0.05) is 23.8 Å². The summed E-state index contributed by atoms with van der Waals surface area (Å²) in [5.41, 5.74) is 3.09. The molecular formula is C25H28N4O4. The van der Waals surface area contributed by atoms with Gasteiger partial charge in [0.25, 0.3) is 5.91 Å². The Morgan fingerprint density at radius 2 is 1.88 bits per heavy atom. The van der Waals surface area contributed by atoms with Gasteiger partial charge in [-0.05, 0) is 56.0 Å². The molecule has 4 rings (SSSR count). The lowest BCUT2D eigenvalue weighted by molar-refractivity contribution is -0.116. The standard InChI is InChI=1S/C25H28N4O4/c1-17-5-7-19(8-6-17)24-28-27-23(33-24)10-9-22(31)26-21-4-2-3-20(15-21)25(32)29-13-11-18(16-30)12-14-29/h2-8,15,18,30H,9-14,16H2,1H3,(H,26,31). The van der Waals surface area contributed by atoms with E-state index in [1.165, 1.54) is 0 Å². The van der Waals surface area contributed by atoms with Crippen LogP contribution >= 0.6 is 0 Å². The van der Waals surface area contributed by atoms with E-state index in [1.807, 2.05) is 31.2 Å². The fourth-order valence-electron chi connectivity index (χ4n) is 3.84. The highest BCUT2D eigenvalue weighted by atomic mass is 16.4. The number of hydrogen-bond donors (Lipinski definition) is 2. The predicted molar refractivity (Wildman–Crippen MR) is 124 cm³/mol. The van der Waals surface area contributed by atoms with Crippen LogP contribution < -0.4 is 5.32 Å². The van der Waals surface area contributed by atoms with Gasteiger partial charge >= 0.3 is 0 Å². The van der Waals surface area contributed by atoms with E-state index in [1.54, 1.807) is 29.2 Å². The van der Waals surface area contributed by atoms with Crippen LogP contribution in [0.2, 0.25) is 0 Å². The van der Waals surface area contributed by atoms with Crippen LogP contribution in [0.4, 0.5) is 5.69 Å². The Labute approximate surface area is 192 Å². The summed E-state index contributed by atoms with van der Waals surface area (Å²) in [6.45, 7) is 3.44. The van der Waals surface area contributed by atoms with Gasteiger partial charge in [0, 0.05) is 49.4 Å².